The van der Waals surface area contributed by atoms with Crippen LogP contribution in [0.25, 0.3) is 0 Å². The van der Waals surface area contributed by atoms with Crippen molar-refractivity contribution in [2.45, 2.75) is 11.2 Å². The van der Waals surface area contributed by atoms with Gasteiger partial charge >= 0.3 is 0 Å². The Bertz CT molecular complexity index is 404. The van der Waals surface area contributed by atoms with Gasteiger partial charge in [0.25, 0.3) is 5.91 Å². The van der Waals surface area contributed by atoms with Gasteiger partial charge < -0.3 is 4.90 Å². The number of carbonyl (C=O) groups is 1. The van der Waals surface area contributed by atoms with Crippen LogP contribution in [0, 0.1) is 0 Å². The van der Waals surface area contributed by atoms with E-state index in [1.807, 2.05) is 0 Å². The van der Waals surface area contributed by atoms with Gasteiger partial charge in [-0.05, 0) is 24.6 Å². The van der Waals surface area contributed by atoms with Crippen LogP contribution in [0.2, 0.25) is 10.0 Å². The molecule has 1 amide bonds. The highest BCUT2D eigenvalue weighted by atomic mass is 79.9. The minimum atomic E-state index is -0.00801. The Hall–Kier alpha value is -0.250. The third-order valence-electron chi connectivity index (χ3n) is 2.53. The van der Waals surface area contributed by atoms with Gasteiger partial charge in [-0.3, -0.25) is 4.79 Å². The van der Waals surface area contributed by atoms with Crippen LogP contribution in [0.3, 0.4) is 0 Å². The largest absolute Gasteiger partial charge is 0.337 e. The zero-order valence-electron chi connectivity index (χ0n) is 8.42. The lowest BCUT2D eigenvalue weighted by atomic mass is 10.2. The zero-order chi connectivity index (χ0) is 11.7. The predicted molar refractivity (Wildman–Crippen MR) is 69.7 cm³/mol. The van der Waals surface area contributed by atoms with Crippen LogP contribution in [0.15, 0.2) is 18.2 Å². The molecule has 1 saturated heterocycles. The number of alkyl halides is 1. The summed E-state index contributed by atoms with van der Waals surface area (Å²) in [6.45, 7) is 1.52. The van der Waals surface area contributed by atoms with Crippen LogP contribution in [0.1, 0.15) is 16.8 Å². The van der Waals surface area contributed by atoms with E-state index >= 15 is 0 Å². The maximum absolute atomic E-state index is 12.1. The number of likely N-dealkylation sites (tertiary alicyclic amines) is 1. The highest BCUT2D eigenvalue weighted by Gasteiger charge is 2.25. The number of carbonyl (C=O) groups excluding carboxylic acids is 1. The van der Waals surface area contributed by atoms with Gasteiger partial charge in [0.1, 0.15) is 0 Å². The topological polar surface area (TPSA) is 20.3 Å². The van der Waals surface area contributed by atoms with Crippen LogP contribution in [-0.2, 0) is 0 Å². The molecule has 1 fully saturated rings. The maximum Gasteiger partial charge on any atom is 0.253 e. The standard InChI is InChI=1S/C11H10BrCl2NO/c12-8-1-2-15(6-8)11(16)7-3-9(13)5-10(14)4-7/h3-5,8H,1-2,6H2. The first-order valence-corrected chi connectivity index (χ1v) is 6.63. The van der Waals surface area contributed by atoms with E-state index in [0.717, 1.165) is 19.5 Å². The molecular weight excluding hydrogens is 313 g/mol. The number of nitrogens with zero attached hydrogens (tertiary/aromatic N) is 1. The molecule has 5 heteroatoms. The number of benzene rings is 1. The van der Waals surface area contributed by atoms with E-state index in [2.05, 4.69) is 15.9 Å². The van der Waals surface area contributed by atoms with Gasteiger partial charge in [-0.25, -0.2) is 0 Å². The zero-order valence-corrected chi connectivity index (χ0v) is 11.5. The second-order valence-corrected chi connectivity index (χ2v) is 5.96. The molecule has 1 aromatic carbocycles. The molecule has 1 aliphatic rings. The summed E-state index contributed by atoms with van der Waals surface area (Å²) in [4.78, 5) is 14.3. The van der Waals surface area contributed by atoms with Gasteiger partial charge in [0, 0.05) is 33.5 Å². The van der Waals surface area contributed by atoms with Gasteiger partial charge in [0.2, 0.25) is 0 Å². The molecule has 0 spiro atoms. The molecule has 1 heterocycles. The molecule has 2 rings (SSSR count). The number of rotatable bonds is 1. The molecule has 0 saturated carbocycles. The second kappa shape index (κ2) is 4.94. The molecule has 0 radical (unpaired) electrons. The molecule has 0 aromatic heterocycles. The number of amides is 1. The van der Waals surface area contributed by atoms with Crippen LogP contribution in [-0.4, -0.2) is 28.7 Å². The molecule has 1 aliphatic heterocycles. The van der Waals surface area contributed by atoms with Gasteiger partial charge in [-0.1, -0.05) is 39.1 Å². The Kier molecular flexibility index (Phi) is 3.77. The summed E-state index contributed by atoms with van der Waals surface area (Å²) in [5, 5.41) is 0.982. The minimum absolute atomic E-state index is 0.00801. The Morgan fingerprint density at radius 1 is 1.31 bits per heavy atom. The fraction of sp³-hybridized carbons (Fsp3) is 0.364. The minimum Gasteiger partial charge on any atom is -0.337 e. The van der Waals surface area contributed by atoms with E-state index in [1.165, 1.54) is 0 Å². The summed E-state index contributed by atoms with van der Waals surface area (Å²) >= 11 is 15.2. The molecule has 0 aliphatic carbocycles. The fourth-order valence-corrected chi connectivity index (χ4v) is 2.84. The number of hydrogen-bond donors (Lipinski definition) is 0. The molecule has 1 aromatic rings. The molecule has 2 nitrogen and oxygen atoms in total. The first-order chi connectivity index (χ1) is 7.56. The molecule has 86 valence electrons. The van der Waals surface area contributed by atoms with E-state index in [9.17, 15) is 4.79 Å². The molecular formula is C11H10BrCl2NO. The third kappa shape index (κ3) is 2.70. The normalized spacial score (nSPS) is 20.2. The van der Waals surface area contributed by atoms with E-state index in [0.29, 0.717) is 20.4 Å². The van der Waals surface area contributed by atoms with E-state index in [4.69, 9.17) is 23.2 Å². The monoisotopic (exact) mass is 321 g/mol. The lowest BCUT2D eigenvalue weighted by Crippen LogP contribution is -2.28. The summed E-state index contributed by atoms with van der Waals surface area (Å²) in [5.74, 6) is -0.00801. The summed E-state index contributed by atoms with van der Waals surface area (Å²) in [5.41, 5.74) is 0.555. The van der Waals surface area contributed by atoms with E-state index in [1.54, 1.807) is 23.1 Å². The smallest absolute Gasteiger partial charge is 0.253 e. The summed E-state index contributed by atoms with van der Waals surface area (Å²) < 4.78 is 0. The Morgan fingerprint density at radius 2 is 1.94 bits per heavy atom. The highest BCUT2D eigenvalue weighted by Crippen LogP contribution is 2.23. The average molecular weight is 323 g/mol. The van der Waals surface area contributed by atoms with Crippen molar-refractivity contribution in [3.05, 3.63) is 33.8 Å². The number of hydrogen-bond acceptors (Lipinski definition) is 1. The van der Waals surface area contributed by atoms with Gasteiger partial charge in [-0.2, -0.15) is 0 Å². The predicted octanol–water partition coefficient (Wildman–Crippen LogP) is 3.60. The molecule has 0 bridgehead atoms. The van der Waals surface area contributed by atoms with Crippen molar-refractivity contribution < 1.29 is 4.79 Å². The van der Waals surface area contributed by atoms with Crippen molar-refractivity contribution in [2.24, 2.45) is 0 Å². The van der Waals surface area contributed by atoms with Crippen molar-refractivity contribution in [3.63, 3.8) is 0 Å². The molecule has 1 atom stereocenters. The quantitative estimate of drug-likeness (QED) is 0.723. The van der Waals surface area contributed by atoms with Crippen molar-refractivity contribution in [1.29, 1.82) is 0 Å². The van der Waals surface area contributed by atoms with Gasteiger partial charge in [-0.15, -0.1) is 0 Å². The fourth-order valence-electron chi connectivity index (χ4n) is 1.76. The summed E-state index contributed by atoms with van der Waals surface area (Å²) in [6.07, 6.45) is 0.986. The molecule has 1 unspecified atom stereocenters. The lowest BCUT2D eigenvalue weighted by molar-refractivity contribution is 0.0793. The van der Waals surface area contributed by atoms with Crippen LogP contribution in [0.5, 0.6) is 0 Å². The van der Waals surface area contributed by atoms with Crippen molar-refractivity contribution in [1.82, 2.24) is 4.90 Å². The maximum atomic E-state index is 12.1. The first-order valence-electron chi connectivity index (χ1n) is 4.95. The molecule has 16 heavy (non-hydrogen) atoms. The third-order valence-corrected chi connectivity index (χ3v) is 3.71. The van der Waals surface area contributed by atoms with Crippen molar-refractivity contribution >= 4 is 45.0 Å². The van der Waals surface area contributed by atoms with E-state index < -0.39 is 0 Å². The second-order valence-electron chi connectivity index (χ2n) is 3.80. The Labute approximate surface area is 113 Å². The van der Waals surface area contributed by atoms with Crippen LogP contribution in [0.4, 0.5) is 0 Å². The van der Waals surface area contributed by atoms with Crippen molar-refractivity contribution in [3.8, 4) is 0 Å². The first kappa shape index (κ1) is 12.2. The Morgan fingerprint density at radius 3 is 2.44 bits per heavy atom. The molecule has 0 N–H and O–H groups in total. The SMILES string of the molecule is O=C(c1cc(Cl)cc(Cl)c1)N1CCC(Br)C1. The number of halogens is 3. The highest BCUT2D eigenvalue weighted by molar-refractivity contribution is 9.09. The van der Waals surface area contributed by atoms with Gasteiger partial charge in [0.05, 0.1) is 0 Å². The summed E-state index contributed by atoms with van der Waals surface area (Å²) in [6, 6.07) is 4.92. The van der Waals surface area contributed by atoms with E-state index in [-0.39, 0.29) is 5.91 Å². The van der Waals surface area contributed by atoms with Gasteiger partial charge in [0.15, 0.2) is 0 Å². The summed E-state index contributed by atoms with van der Waals surface area (Å²) in [7, 11) is 0. The van der Waals surface area contributed by atoms with Crippen LogP contribution >= 0.6 is 39.1 Å². The van der Waals surface area contributed by atoms with Crippen LogP contribution < -0.4 is 0 Å². The Balaban J connectivity index is 2.20. The van der Waals surface area contributed by atoms with Crippen molar-refractivity contribution in [2.75, 3.05) is 13.1 Å². The average Bonchev–Trinajstić information content (AvgIpc) is 2.62. The lowest BCUT2D eigenvalue weighted by Gasteiger charge is -2.15.